The van der Waals surface area contributed by atoms with E-state index in [1.54, 1.807) is 0 Å². The topological polar surface area (TPSA) is 55.8 Å². The van der Waals surface area contributed by atoms with Crippen LogP contribution in [0.5, 0.6) is 0 Å². The minimum atomic E-state index is -0.947. The highest BCUT2D eigenvalue weighted by molar-refractivity contribution is 5.72. The average Bonchev–Trinajstić information content (AvgIpc) is 2.27. The Balaban J connectivity index is 4.47. The highest BCUT2D eigenvalue weighted by Gasteiger charge is 2.30. The highest BCUT2D eigenvalue weighted by atomic mass is 17.2. The molecule has 102 valence electrons. The van der Waals surface area contributed by atoms with E-state index in [4.69, 9.17) is 14.9 Å². The number of aliphatic carboxylic acids is 1. The Bertz CT molecular complexity index is 225. The first-order valence-corrected chi connectivity index (χ1v) is 6.45. The fourth-order valence-corrected chi connectivity index (χ4v) is 1.50. The van der Waals surface area contributed by atoms with Crippen molar-refractivity contribution in [1.29, 1.82) is 0 Å². The van der Waals surface area contributed by atoms with Gasteiger partial charge in [0, 0.05) is 0 Å². The zero-order valence-electron chi connectivity index (χ0n) is 11.7. The van der Waals surface area contributed by atoms with Gasteiger partial charge in [0.25, 0.3) is 0 Å². The molecule has 0 spiro atoms. The molecule has 0 heterocycles. The fourth-order valence-electron chi connectivity index (χ4n) is 1.50. The number of carboxylic acid groups (broad SMARTS) is 1. The van der Waals surface area contributed by atoms with Gasteiger partial charge in [-0.2, -0.15) is 0 Å². The van der Waals surface area contributed by atoms with Crippen molar-refractivity contribution in [2.75, 3.05) is 0 Å². The van der Waals surface area contributed by atoms with Crippen LogP contribution in [0.15, 0.2) is 0 Å². The van der Waals surface area contributed by atoms with E-state index < -0.39 is 17.7 Å². The molecule has 0 fully saturated rings. The molecule has 0 aliphatic rings. The predicted molar refractivity (Wildman–Crippen MR) is 66.7 cm³/mol. The highest BCUT2D eigenvalue weighted by Crippen LogP contribution is 2.22. The lowest BCUT2D eigenvalue weighted by molar-refractivity contribution is -0.379. The lowest BCUT2D eigenvalue weighted by atomic mass is 9.94. The quantitative estimate of drug-likeness (QED) is 0.500. The second-order valence-electron chi connectivity index (χ2n) is 5.01. The second kappa shape index (κ2) is 7.67. The lowest BCUT2D eigenvalue weighted by Gasteiger charge is -2.27. The molecule has 17 heavy (non-hydrogen) atoms. The third kappa shape index (κ3) is 6.03. The van der Waals surface area contributed by atoms with E-state index >= 15 is 0 Å². The summed E-state index contributed by atoms with van der Waals surface area (Å²) >= 11 is 0. The van der Waals surface area contributed by atoms with Crippen LogP contribution in [0.4, 0.5) is 0 Å². The van der Waals surface area contributed by atoms with Crippen LogP contribution in [0, 0.1) is 5.92 Å². The normalized spacial score (nSPS) is 15.6. The molecule has 0 saturated carbocycles. The molecule has 0 amide bonds. The van der Waals surface area contributed by atoms with Crippen molar-refractivity contribution in [2.24, 2.45) is 5.92 Å². The molecule has 0 aromatic heterocycles. The zero-order chi connectivity index (χ0) is 13.5. The Kier molecular flexibility index (Phi) is 7.39. The van der Waals surface area contributed by atoms with Crippen LogP contribution in [0.25, 0.3) is 0 Å². The summed E-state index contributed by atoms with van der Waals surface area (Å²) in [7, 11) is 0. The van der Waals surface area contributed by atoms with Crippen molar-refractivity contribution in [1.82, 2.24) is 0 Å². The standard InChI is InChI=1S/C13H26O4/c1-6-9-10(7-2)11(12(14)15)16-17-13(4,5)8-3/h10-11H,6-9H2,1-5H3,(H,14,15). The van der Waals surface area contributed by atoms with Gasteiger partial charge in [0.15, 0.2) is 6.10 Å². The van der Waals surface area contributed by atoms with Gasteiger partial charge >= 0.3 is 5.97 Å². The fraction of sp³-hybridized carbons (Fsp3) is 0.923. The molecule has 4 heteroatoms. The molecular weight excluding hydrogens is 220 g/mol. The van der Waals surface area contributed by atoms with Crippen molar-refractivity contribution in [3.05, 3.63) is 0 Å². The van der Waals surface area contributed by atoms with Crippen molar-refractivity contribution < 1.29 is 19.7 Å². The molecular formula is C13H26O4. The smallest absolute Gasteiger partial charge is 0.336 e. The van der Waals surface area contributed by atoms with Gasteiger partial charge in [-0.15, -0.1) is 0 Å². The van der Waals surface area contributed by atoms with E-state index in [0.717, 1.165) is 25.7 Å². The molecule has 4 nitrogen and oxygen atoms in total. The zero-order valence-corrected chi connectivity index (χ0v) is 11.7. The van der Waals surface area contributed by atoms with Crippen molar-refractivity contribution in [3.8, 4) is 0 Å². The monoisotopic (exact) mass is 246 g/mol. The molecule has 0 aromatic carbocycles. The Morgan fingerprint density at radius 1 is 1.29 bits per heavy atom. The molecule has 2 unspecified atom stereocenters. The van der Waals surface area contributed by atoms with Gasteiger partial charge in [0.05, 0.1) is 5.60 Å². The first-order chi connectivity index (χ1) is 7.87. The van der Waals surface area contributed by atoms with E-state index in [-0.39, 0.29) is 5.92 Å². The molecule has 0 aromatic rings. The van der Waals surface area contributed by atoms with Gasteiger partial charge in [-0.3, -0.25) is 0 Å². The predicted octanol–water partition coefficient (Wildman–Crippen LogP) is 3.40. The first-order valence-electron chi connectivity index (χ1n) is 6.45. The minimum absolute atomic E-state index is 0.00477. The summed E-state index contributed by atoms with van der Waals surface area (Å²) in [6, 6.07) is 0. The van der Waals surface area contributed by atoms with Gasteiger partial charge in [-0.05, 0) is 32.6 Å². The summed E-state index contributed by atoms with van der Waals surface area (Å²) in [5, 5.41) is 9.17. The maximum absolute atomic E-state index is 11.2. The van der Waals surface area contributed by atoms with Gasteiger partial charge in [-0.25, -0.2) is 14.6 Å². The van der Waals surface area contributed by atoms with Crippen LogP contribution in [-0.4, -0.2) is 22.8 Å². The summed E-state index contributed by atoms with van der Waals surface area (Å²) in [6.07, 6.45) is 2.46. The molecule has 0 bridgehead atoms. The van der Waals surface area contributed by atoms with Crippen LogP contribution in [0.1, 0.15) is 60.3 Å². The Hall–Kier alpha value is -0.610. The van der Waals surface area contributed by atoms with Crippen LogP contribution >= 0.6 is 0 Å². The number of rotatable bonds is 9. The molecule has 1 N–H and O–H groups in total. The summed E-state index contributed by atoms with van der Waals surface area (Å²) in [4.78, 5) is 21.6. The molecule has 0 aliphatic carbocycles. The van der Waals surface area contributed by atoms with E-state index in [1.807, 2.05) is 34.6 Å². The van der Waals surface area contributed by atoms with Crippen LogP contribution < -0.4 is 0 Å². The molecule has 0 rings (SSSR count). The van der Waals surface area contributed by atoms with Crippen molar-refractivity contribution in [2.45, 2.75) is 72.0 Å². The second-order valence-corrected chi connectivity index (χ2v) is 5.01. The molecule has 0 aliphatic heterocycles. The van der Waals surface area contributed by atoms with Crippen molar-refractivity contribution >= 4 is 5.97 Å². The average molecular weight is 246 g/mol. The number of hydrogen-bond acceptors (Lipinski definition) is 3. The van der Waals surface area contributed by atoms with Crippen LogP contribution in [-0.2, 0) is 14.6 Å². The Morgan fingerprint density at radius 3 is 2.24 bits per heavy atom. The SMILES string of the molecule is CCCC(CC)C(OOC(C)(C)CC)C(=O)O. The summed E-state index contributed by atoms with van der Waals surface area (Å²) < 4.78 is 0. The van der Waals surface area contributed by atoms with E-state index in [2.05, 4.69) is 0 Å². The molecule has 2 atom stereocenters. The van der Waals surface area contributed by atoms with Gasteiger partial charge in [0.1, 0.15) is 0 Å². The van der Waals surface area contributed by atoms with Gasteiger partial charge < -0.3 is 5.11 Å². The maximum Gasteiger partial charge on any atom is 0.336 e. The van der Waals surface area contributed by atoms with Crippen LogP contribution in [0.3, 0.4) is 0 Å². The first kappa shape index (κ1) is 16.4. The van der Waals surface area contributed by atoms with E-state index in [1.165, 1.54) is 0 Å². The maximum atomic E-state index is 11.2. The lowest BCUT2D eigenvalue weighted by Crippen LogP contribution is -2.36. The molecule has 0 saturated heterocycles. The van der Waals surface area contributed by atoms with Gasteiger partial charge in [0.2, 0.25) is 0 Å². The Labute approximate surface area is 104 Å². The largest absolute Gasteiger partial charge is 0.479 e. The van der Waals surface area contributed by atoms with Crippen molar-refractivity contribution in [3.63, 3.8) is 0 Å². The van der Waals surface area contributed by atoms with Gasteiger partial charge in [-0.1, -0.05) is 33.6 Å². The number of carboxylic acids is 1. The summed E-state index contributed by atoms with van der Waals surface area (Å²) in [5.41, 5.74) is -0.446. The Morgan fingerprint density at radius 2 is 1.88 bits per heavy atom. The summed E-state index contributed by atoms with van der Waals surface area (Å²) in [6.45, 7) is 9.75. The van der Waals surface area contributed by atoms with E-state index in [0.29, 0.717) is 0 Å². The molecule has 0 radical (unpaired) electrons. The number of hydrogen-bond donors (Lipinski definition) is 1. The van der Waals surface area contributed by atoms with Crippen LogP contribution in [0.2, 0.25) is 0 Å². The van der Waals surface area contributed by atoms with E-state index in [9.17, 15) is 4.79 Å². The summed E-state index contributed by atoms with van der Waals surface area (Å²) in [5.74, 6) is -0.942. The third-order valence-corrected chi connectivity index (χ3v) is 3.08. The number of carbonyl (C=O) groups is 1. The minimum Gasteiger partial charge on any atom is -0.479 e. The third-order valence-electron chi connectivity index (χ3n) is 3.08.